The molecule has 22 heavy (non-hydrogen) atoms. The third-order valence-electron chi connectivity index (χ3n) is 4.18. The maximum Gasteiger partial charge on any atom is 0.233 e. The summed E-state index contributed by atoms with van der Waals surface area (Å²) in [5.74, 6) is -1.17. The zero-order valence-corrected chi connectivity index (χ0v) is 13.3. The van der Waals surface area contributed by atoms with Gasteiger partial charge in [-0.25, -0.2) is 13.8 Å². The number of fused-ring (bicyclic) bond motifs is 1. The van der Waals surface area contributed by atoms with Crippen molar-refractivity contribution in [1.29, 1.82) is 0 Å². The number of amides is 1. The molecule has 0 spiro atoms. The summed E-state index contributed by atoms with van der Waals surface area (Å²) >= 11 is 6.25. The molecular weight excluding hydrogens is 310 g/mol. The van der Waals surface area contributed by atoms with Gasteiger partial charge in [-0.3, -0.25) is 9.69 Å². The predicted molar refractivity (Wildman–Crippen MR) is 82.2 cm³/mol. The number of pyridine rings is 1. The van der Waals surface area contributed by atoms with E-state index in [1.807, 2.05) is 13.8 Å². The molecule has 1 fully saturated rings. The lowest BCUT2D eigenvalue weighted by Gasteiger charge is -2.21. The highest BCUT2D eigenvalue weighted by Crippen LogP contribution is 2.39. The van der Waals surface area contributed by atoms with Gasteiger partial charge in [-0.2, -0.15) is 0 Å². The Morgan fingerprint density at radius 2 is 2.00 bits per heavy atom. The maximum atomic E-state index is 14.0. The Morgan fingerprint density at radius 3 is 2.59 bits per heavy atom. The van der Waals surface area contributed by atoms with Crippen molar-refractivity contribution in [2.24, 2.45) is 5.41 Å². The van der Waals surface area contributed by atoms with Crippen molar-refractivity contribution >= 4 is 34.2 Å². The van der Waals surface area contributed by atoms with Crippen molar-refractivity contribution in [2.75, 3.05) is 11.4 Å². The van der Waals surface area contributed by atoms with Gasteiger partial charge in [0, 0.05) is 29.7 Å². The maximum absolute atomic E-state index is 14.0. The highest BCUT2D eigenvalue weighted by Gasteiger charge is 2.40. The van der Waals surface area contributed by atoms with Gasteiger partial charge in [0.15, 0.2) is 0 Å². The molecule has 2 aromatic rings. The number of benzene rings is 1. The van der Waals surface area contributed by atoms with Gasteiger partial charge in [0.25, 0.3) is 0 Å². The van der Waals surface area contributed by atoms with Gasteiger partial charge in [0.2, 0.25) is 5.91 Å². The van der Waals surface area contributed by atoms with Crippen LogP contribution in [0.25, 0.3) is 10.9 Å². The van der Waals surface area contributed by atoms with Gasteiger partial charge in [0.05, 0.1) is 15.9 Å². The average molecular weight is 325 g/mol. The topological polar surface area (TPSA) is 33.2 Å². The van der Waals surface area contributed by atoms with Gasteiger partial charge in [-0.15, -0.1) is 0 Å². The Bertz CT molecular complexity index is 805. The van der Waals surface area contributed by atoms with Crippen molar-refractivity contribution in [3.63, 3.8) is 0 Å². The van der Waals surface area contributed by atoms with Crippen LogP contribution in [0.3, 0.4) is 0 Å². The molecule has 0 aliphatic carbocycles. The molecule has 0 bridgehead atoms. The number of carbonyl (C=O) groups excluding carboxylic acids is 1. The van der Waals surface area contributed by atoms with Crippen LogP contribution in [0.15, 0.2) is 12.1 Å². The third kappa shape index (κ3) is 2.15. The first-order valence-corrected chi connectivity index (χ1v) is 7.37. The molecule has 0 N–H and O–H groups in total. The van der Waals surface area contributed by atoms with Crippen molar-refractivity contribution in [3.8, 4) is 0 Å². The Hall–Kier alpha value is -1.75. The molecular formula is C16H15ClF2N2O. The number of rotatable bonds is 1. The van der Waals surface area contributed by atoms with Crippen LogP contribution in [0.4, 0.5) is 14.6 Å². The van der Waals surface area contributed by atoms with Gasteiger partial charge in [-0.1, -0.05) is 25.4 Å². The minimum absolute atomic E-state index is 0.0598. The molecule has 116 valence electrons. The van der Waals surface area contributed by atoms with Crippen LogP contribution in [0.5, 0.6) is 0 Å². The Kier molecular flexibility index (Phi) is 3.36. The van der Waals surface area contributed by atoms with E-state index in [0.29, 0.717) is 24.3 Å². The van der Waals surface area contributed by atoms with E-state index in [1.165, 1.54) is 0 Å². The molecule has 2 heterocycles. The molecule has 3 rings (SSSR count). The number of halogens is 3. The van der Waals surface area contributed by atoms with E-state index in [2.05, 4.69) is 4.98 Å². The number of hydrogen-bond donors (Lipinski definition) is 0. The molecule has 0 saturated carbocycles. The lowest BCUT2D eigenvalue weighted by Crippen LogP contribution is -2.32. The molecule has 6 heteroatoms. The Balaban J connectivity index is 2.24. The van der Waals surface area contributed by atoms with E-state index in [-0.39, 0.29) is 21.8 Å². The molecule has 0 radical (unpaired) electrons. The van der Waals surface area contributed by atoms with E-state index in [0.717, 1.165) is 12.1 Å². The smallest absolute Gasteiger partial charge is 0.233 e. The fourth-order valence-corrected chi connectivity index (χ4v) is 3.05. The van der Waals surface area contributed by atoms with Crippen LogP contribution in [0.2, 0.25) is 5.02 Å². The van der Waals surface area contributed by atoms with Crippen molar-refractivity contribution in [1.82, 2.24) is 4.98 Å². The molecule has 1 aliphatic rings. The lowest BCUT2D eigenvalue weighted by molar-refractivity contribution is -0.124. The second kappa shape index (κ2) is 4.88. The van der Waals surface area contributed by atoms with Crippen LogP contribution in [-0.4, -0.2) is 17.4 Å². The number of nitrogens with zero attached hydrogens (tertiary/aromatic N) is 2. The molecule has 1 amide bonds. The summed E-state index contributed by atoms with van der Waals surface area (Å²) in [6, 6.07) is 1.90. The zero-order chi connectivity index (χ0) is 16.2. The minimum atomic E-state index is -0.754. The summed E-state index contributed by atoms with van der Waals surface area (Å²) in [6.45, 7) is 5.93. The molecule has 0 atom stereocenters. The fraction of sp³-hybridized carbons (Fsp3) is 0.375. The molecule has 1 aromatic carbocycles. The fourth-order valence-electron chi connectivity index (χ4n) is 2.78. The summed E-state index contributed by atoms with van der Waals surface area (Å²) in [5, 5.41) is 0.241. The average Bonchev–Trinajstić information content (AvgIpc) is 2.68. The first kappa shape index (κ1) is 15.2. The standard InChI is InChI=1S/C16H15ClF2N2O/c1-8-13(17)12-10(19)6-9(18)7-11(12)20-14(8)21-5-4-16(2,3)15(21)22/h6-7H,4-5H2,1-3H3. The van der Waals surface area contributed by atoms with Crippen LogP contribution in [0, 0.1) is 24.0 Å². The van der Waals surface area contributed by atoms with Gasteiger partial charge < -0.3 is 0 Å². The van der Waals surface area contributed by atoms with E-state index < -0.39 is 17.0 Å². The summed E-state index contributed by atoms with van der Waals surface area (Å²) in [5.41, 5.74) is 0.161. The van der Waals surface area contributed by atoms with E-state index >= 15 is 0 Å². The first-order chi connectivity index (χ1) is 10.2. The predicted octanol–water partition coefficient (Wildman–Crippen LogP) is 4.24. The molecule has 3 nitrogen and oxygen atoms in total. The molecule has 1 saturated heterocycles. The SMILES string of the molecule is Cc1c(N2CCC(C)(C)C2=O)nc2cc(F)cc(F)c2c1Cl. The summed E-state index contributed by atoms with van der Waals surface area (Å²) in [6.07, 6.45) is 0.695. The molecule has 0 unspecified atom stereocenters. The highest BCUT2D eigenvalue weighted by molar-refractivity contribution is 6.36. The highest BCUT2D eigenvalue weighted by atomic mass is 35.5. The second-order valence-electron chi connectivity index (χ2n) is 6.25. The Morgan fingerprint density at radius 1 is 1.32 bits per heavy atom. The largest absolute Gasteiger partial charge is 0.296 e. The quantitative estimate of drug-likeness (QED) is 0.786. The van der Waals surface area contributed by atoms with Gasteiger partial charge in [-0.05, 0) is 13.3 Å². The number of carbonyl (C=O) groups is 1. The Labute approximate surface area is 131 Å². The van der Waals surface area contributed by atoms with Crippen LogP contribution >= 0.6 is 11.6 Å². The van der Waals surface area contributed by atoms with Crippen LogP contribution in [-0.2, 0) is 4.79 Å². The minimum Gasteiger partial charge on any atom is -0.296 e. The number of hydrogen-bond acceptors (Lipinski definition) is 2. The van der Waals surface area contributed by atoms with Crippen LogP contribution < -0.4 is 4.90 Å². The van der Waals surface area contributed by atoms with Crippen molar-refractivity contribution < 1.29 is 13.6 Å². The third-order valence-corrected chi connectivity index (χ3v) is 4.66. The first-order valence-electron chi connectivity index (χ1n) is 6.99. The second-order valence-corrected chi connectivity index (χ2v) is 6.62. The van der Waals surface area contributed by atoms with Crippen LogP contribution in [0.1, 0.15) is 25.8 Å². The van der Waals surface area contributed by atoms with E-state index in [4.69, 9.17) is 11.6 Å². The zero-order valence-electron chi connectivity index (χ0n) is 12.5. The lowest BCUT2D eigenvalue weighted by atomic mass is 9.92. The number of anilines is 1. The number of aromatic nitrogens is 1. The molecule has 1 aliphatic heterocycles. The molecule has 1 aromatic heterocycles. The van der Waals surface area contributed by atoms with E-state index in [9.17, 15) is 13.6 Å². The van der Waals surface area contributed by atoms with Crippen molar-refractivity contribution in [2.45, 2.75) is 27.2 Å². The summed E-state index contributed by atoms with van der Waals surface area (Å²) in [4.78, 5) is 18.3. The van der Waals surface area contributed by atoms with Crippen molar-refractivity contribution in [3.05, 3.63) is 34.4 Å². The van der Waals surface area contributed by atoms with E-state index in [1.54, 1.807) is 11.8 Å². The van der Waals surface area contributed by atoms with Gasteiger partial charge >= 0.3 is 0 Å². The summed E-state index contributed by atoms with van der Waals surface area (Å²) < 4.78 is 27.4. The van der Waals surface area contributed by atoms with Gasteiger partial charge in [0.1, 0.15) is 17.5 Å². The monoisotopic (exact) mass is 324 g/mol. The normalized spacial score (nSPS) is 17.5. The summed E-state index contributed by atoms with van der Waals surface area (Å²) in [7, 11) is 0.